The van der Waals surface area contributed by atoms with Crippen LogP contribution in [0.5, 0.6) is 0 Å². The van der Waals surface area contributed by atoms with E-state index in [1.165, 1.54) is 44.9 Å². The van der Waals surface area contributed by atoms with Crippen LogP contribution in [-0.2, 0) is 14.3 Å². The molecule has 8 aliphatic rings. The van der Waals surface area contributed by atoms with Crippen molar-refractivity contribution in [3.63, 3.8) is 0 Å². The van der Waals surface area contributed by atoms with Gasteiger partial charge in [0, 0.05) is 10.9 Å². The Labute approximate surface area is 185 Å². The molecule has 0 aliphatic heterocycles. The van der Waals surface area contributed by atoms with Crippen LogP contribution < -0.4 is 5.32 Å². The molecule has 0 radical (unpaired) electrons. The standard InChI is InChI=1S/C25H36ClNO3/c1-15(23-6-16-2-17(7-23)4-18(3-16)8-23)27-21(28)13-30-22(29)24-9-19-5-20(10-24)12-25(26,11-19)14-24/h15-20H,2-14H2,1H3,(H,27,28)/t15-,16?,17?,18?,19-,20+,23?,24?,25?/m1/s1. The number of hydrogen-bond donors (Lipinski definition) is 1. The molecule has 0 aromatic carbocycles. The van der Waals surface area contributed by atoms with Gasteiger partial charge < -0.3 is 10.1 Å². The maximum atomic E-state index is 13.1. The van der Waals surface area contributed by atoms with Crippen molar-refractivity contribution in [3.05, 3.63) is 0 Å². The summed E-state index contributed by atoms with van der Waals surface area (Å²) in [4.78, 5) is 25.6. The highest BCUT2D eigenvalue weighted by Crippen LogP contribution is 2.64. The highest BCUT2D eigenvalue weighted by atomic mass is 35.5. The Morgan fingerprint density at radius 2 is 1.43 bits per heavy atom. The first-order valence-corrected chi connectivity index (χ1v) is 12.8. The van der Waals surface area contributed by atoms with E-state index in [4.69, 9.17) is 16.3 Å². The van der Waals surface area contributed by atoms with Crippen LogP contribution in [0.1, 0.15) is 84.0 Å². The van der Waals surface area contributed by atoms with Crippen LogP contribution >= 0.6 is 11.6 Å². The first-order chi connectivity index (χ1) is 14.2. The Balaban J connectivity index is 1.06. The number of halogens is 1. The molecular weight excluding hydrogens is 398 g/mol. The summed E-state index contributed by atoms with van der Waals surface area (Å²) in [5.74, 6) is 3.42. The second-order valence-corrected chi connectivity index (χ2v) is 13.3. The number of amides is 1. The summed E-state index contributed by atoms with van der Waals surface area (Å²) >= 11 is 6.86. The zero-order valence-electron chi connectivity index (χ0n) is 18.3. The smallest absolute Gasteiger partial charge is 0.312 e. The van der Waals surface area contributed by atoms with Crippen molar-refractivity contribution >= 4 is 23.5 Å². The minimum atomic E-state index is -0.433. The first-order valence-electron chi connectivity index (χ1n) is 12.4. The largest absolute Gasteiger partial charge is 0.455 e. The number of hydrogen-bond acceptors (Lipinski definition) is 3. The Morgan fingerprint density at radius 3 is 1.97 bits per heavy atom. The van der Waals surface area contributed by atoms with E-state index in [0.717, 1.165) is 49.9 Å². The monoisotopic (exact) mass is 433 g/mol. The molecule has 8 rings (SSSR count). The van der Waals surface area contributed by atoms with Crippen LogP contribution in [-0.4, -0.2) is 29.4 Å². The molecule has 166 valence electrons. The van der Waals surface area contributed by atoms with Crippen molar-refractivity contribution in [2.24, 2.45) is 40.4 Å². The van der Waals surface area contributed by atoms with Gasteiger partial charge in [-0.15, -0.1) is 11.6 Å². The summed E-state index contributed by atoms with van der Waals surface area (Å²) in [6.45, 7) is 2.05. The van der Waals surface area contributed by atoms with Crippen molar-refractivity contribution in [1.29, 1.82) is 0 Å². The zero-order chi connectivity index (χ0) is 20.7. The van der Waals surface area contributed by atoms with Gasteiger partial charge in [-0.3, -0.25) is 9.59 Å². The van der Waals surface area contributed by atoms with Crippen molar-refractivity contribution < 1.29 is 14.3 Å². The number of alkyl halides is 1. The fourth-order valence-corrected chi connectivity index (χ4v) is 10.5. The SMILES string of the molecule is C[C@@H](NC(=O)COC(=O)C12C[C@@H]3C[C@@H](CC(Cl)(C3)C1)C2)C12CC3CC(CC(C3)C1)C2. The second-order valence-electron chi connectivity index (χ2n) is 12.5. The molecule has 5 heteroatoms. The van der Waals surface area contributed by atoms with Gasteiger partial charge in [0.15, 0.2) is 6.61 Å². The summed E-state index contributed by atoms with van der Waals surface area (Å²) in [5, 5.41) is 3.23. The van der Waals surface area contributed by atoms with Crippen LogP contribution in [0.2, 0.25) is 0 Å². The summed E-state index contributed by atoms with van der Waals surface area (Å²) in [7, 11) is 0. The van der Waals surface area contributed by atoms with Crippen LogP contribution in [0.25, 0.3) is 0 Å². The molecule has 8 fully saturated rings. The summed E-state index contributed by atoms with van der Waals surface area (Å²) < 4.78 is 5.64. The van der Waals surface area contributed by atoms with Gasteiger partial charge in [-0.25, -0.2) is 0 Å². The van der Waals surface area contributed by atoms with E-state index in [-0.39, 0.29) is 34.8 Å². The Hall–Kier alpha value is -0.770. The van der Waals surface area contributed by atoms with Gasteiger partial charge in [-0.1, -0.05) is 0 Å². The predicted octanol–water partition coefficient (Wildman–Crippen LogP) is 4.83. The highest BCUT2D eigenvalue weighted by molar-refractivity contribution is 6.24. The van der Waals surface area contributed by atoms with E-state index in [1.54, 1.807) is 0 Å². The minimum absolute atomic E-state index is 0.128. The summed E-state index contributed by atoms with van der Waals surface area (Å²) in [5.41, 5.74) is -0.156. The van der Waals surface area contributed by atoms with Gasteiger partial charge >= 0.3 is 5.97 Å². The van der Waals surface area contributed by atoms with Crippen molar-refractivity contribution in [3.8, 4) is 0 Å². The molecule has 0 spiro atoms. The topological polar surface area (TPSA) is 55.4 Å². The molecule has 1 amide bonds. The number of carbonyl (C=O) groups is 2. The van der Waals surface area contributed by atoms with E-state index in [9.17, 15) is 9.59 Å². The predicted molar refractivity (Wildman–Crippen MR) is 115 cm³/mol. The van der Waals surface area contributed by atoms with E-state index in [0.29, 0.717) is 11.8 Å². The normalized spacial score (nSPS) is 51.1. The fraction of sp³-hybridized carbons (Fsp3) is 0.920. The minimum Gasteiger partial charge on any atom is -0.455 e. The molecule has 0 saturated heterocycles. The first kappa shape index (κ1) is 19.9. The second kappa shape index (κ2) is 6.62. The molecule has 4 nitrogen and oxygen atoms in total. The number of carbonyl (C=O) groups excluding carboxylic acids is 2. The molecule has 0 heterocycles. The zero-order valence-corrected chi connectivity index (χ0v) is 19.0. The Morgan fingerprint density at radius 1 is 0.900 bits per heavy atom. The van der Waals surface area contributed by atoms with Crippen LogP contribution in [0.4, 0.5) is 0 Å². The molecular formula is C25H36ClNO3. The van der Waals surface area contributed by atoms with E-state index in [1.807, 2.05) is 0 Å². The van der Waals surface area contributed by atoms with Gasteiger partial charge in [-0.05, 0) is 119 Å². The Kier molecular flexibility index (Phi) is 4.39. The molecule has 8 saturated carbocycles. The molecule has 8 bridgehead atoms. The van der Waals surface area contributed by atoms with Gasteiger partial charge in [0.2, 0.25) is 0 Å². The highest BCUT2D eigenvalue weighted by Gasteiger charge is 2.61. The molecule has 8 aliphatic carbocycles. The maximum absolute atomic E-state index is 13.1. The van der Waals surface area contributed by atoms with Gasteiger partial charge in [-0.2, -0.15) is 0 Å². The lowest BCUT2D eigenvalue weighted by atomic mass is 9.48. The van der Waals surface area contributed by atoms with Crippen LogP contribution in [0.3, 0.4) is 0 Å². The molecule has 2 unspecified atom stereocenters. The van der Waals surface area contributed by atoms with Gasteiger partial charge in [0.1, 0.15) is 0 Å². The third-order valence-corrected chi connectivity index (χ3v) is 10.6. The van der Waals surface area contributed by atoms with Gasteiger partial charge in [0.05, 0.1) is 5.41 Å². The summed E-state index contributed by atoms with van der Waals surface area (Å²) in [6.07, 6.45) is 13.9. The average molecular weight is 434 g/mol. The third-order valence-electron chi connectivity index (χ3n) is 10.1. The lowest BCUT2D eigenvalue weighted by Crippen LogP contribution is -2.57. The quantitative estimate of drug-likeness (QED) is 0.499. The van der Waals surface area contributed by atoms with E-state index >= 15 is 0 Å². The molecule has 1 N–H and O–H groups in total. The summed E-state index contributed by atoms with van der Waals surface area (Å²) in [6, 6.07) is 0.169. The van der Waals surface area contributed by atoms with E-state index in [2.05, 4.69) is 12.2 Å². The lowest BCUT2D eigenvalue weighted by molar-refractivity contribution is -0.172. The molecule has 0 aromatic heterocycles. The van der Waals surface area contributed by atoms with Crippen molar-refractivity contribution in [1.82, 2.24) is 5.32 Å². The number of nitrogens with one attached hydrogen (secondary N) is 1. The Bertz CT molecular complexity index is 714. The maximum Gasteiger partial charge on any atom is 0.312 e. The molecule has 5 atom stereocenters. The van der Waals surface area contributed by atoms with E-state index < -0.39 is 5.41 Å². The van der Waals surface area contributed by atoms with Crippen LogP contribution in [0, 0.1) is 40.4 Å². The third kappa shape index (κ3) is 3.14. The van der Waals surface area contributed by atoms with Gasteiger partial charge in [0.25, 0.3) is 5.91 Å². The average Bonchev–Trinajstić information content (AvgIpc) is 2.63. The number of esters is 1. The molecule has 0 aromatic rings. The lowest BCUT2D eigenvalue weighted by Gasteiger charge is -2.59. The fourth-order valence-electron chi connectivity index (χ4n) is 9.82. The van der Waals surface area contributed by atoms with Crippen molar-refractivity contribution in [2.75, 3.05) is 6.61 Å². The molecule has 30 heavy (non-hydrogen) atoms. The van der Waals surface area contributed by atoms with Crippen molar-refractivity contribution in [2.45, 2.75) is 94.9 Å². The number of rotatable bonds is 5. The number of ether oxygens (including phenoxy) is 1. The van der Waals surface area contributed by atoms with Crippen LogP contribution in [0.15, 0.2) is 0 Å².